The first-order chi connectivity index (χ1) is 6.88. The molecule has 0 aliphatic heterocycles. The number of nitrogens with two attached hydrogens (primary N) is 1. The standard InChI is InChI=1S/C10H16N4O/c1-10(2,3)8-7(12)9(15)14(13-8)6-4-5-11/h13H,4,6,12H2,1-3H3. The summed E-state index contributed by atoms with van der Waals surface area (Å²) < 4.78 is 1.39. The van der Waals surface area contributed by atoms with E-state index in [1.165, 1.54) is 4.68 Å². The van der Waals surface area contributed by atoms with Crippen LogP contribution in [0.3, 0.4) is 0 Å². The van der Waals surface area contributed by atoms with Crippen LogP contribution in [0.4, 0.5) is 5.69 Å². The number of nitrogens with zero attached hydrogens (tertiary/aromatic N) is 2. The van der Waals surface area contributed by atoms with Gasteiger partial charge in [0.2, 0.25) is 0 Å². The molecule has 0 saturated carbocycles. The highest BCUT2D eigenvalue weighted by Gasteiger charge is 2.22. The van der Waals surface area contributed by atoms with Crippen LogP contribution < -0.4 is 11.3 Å². The number of aromatic nitrogens is 2. The van der Waals surface area contributed by atoms with E-state index < -0.39 is 0 Å². The van der Waals surface area contributed by atoms with E-state index in [-0.39, 0.29) is 16.7 Å². The molecule has 0 aromatic carbocycles. The molecular formula is C10H16N4O. The monoisotopic (exact) mass is 208 g/mol. The molecule has 0 atom stereocenters. The van der Waals surface area contributed by atoms with Gasteiger partial charge in [-0.1, -0.05) is 20.8 Å². The summed E-state index contributed by atoms with van der Waals surface area (Å²) in [6.45, 7) is 6.28. The van der Waals surface area contributed by atoms with Crippen molar-refractivity contribution in [2.75, 3.05) is 5.73 Å². The lowest BCUT2D eigenvalue weighted by atomic mass is 9.91. The number of aryl methyl sites for hydroxylation is 1. The zero-order valence-electron chi connectivity index (χ0n) is 9.29. The van der Waals surface area contributed by atoms with Crippen molar-refractivity contribution in [1.82, 2.24) is 9.78 Å². The van der Waals surface area contributed by atoms with Crippen molar-refractivity contribution >= 4 is 5.69 Å². The van der Waals surface area contributed by atoms with Gasteiger partial charge in [0.05, 0.1) is 24.7 Å². The summed E-state index contributed by atoms with van der Waals surface area (Å²) in [6.07, 6.45) is 0.295. The van der Waals surface area contributed by atoms with E-state index in [4.69, 9.17) is 11.0 Å². The average Bonchev–Trinajstić information content (AvgIpc) is 2.41. The van der Waals surface area contributed by atoms with E-state index >= 15 is 0 Å². The molecule has 0 aliphatic rings. The minimum Gasteiger partial charge on any atom is -0.393 e. The fraction of sp³-hybridized carbons (Fsp3) is 0.600. The maximum atomic E-state index is 11.6. The first-order valence-electron chi connectivity index (χ1n) is 4.83. The predicted molar refractivity (Wildman–Crippen MR) is 58.4 cm³/mol. The van der Waals surface area contributed by atoms with Crippen LogP contribution in [0, 0.1) is 11.3 Å². The molecule has 0 spiro atoms. The van der Waals surface area contributed by atoms with Crippen molar-refractivity contribution in [2.24, 2.45) is 0 Å². The smallest absolute Gasteiger partial charge is 0.289 e. The number of rotatable bonds is 2. The Kier molecular flexibility index (Phi) is 2.89. The Morgan fingerprint density at radius 1 is 1.53 bits per heavy atom. The summed E-state index contributed by atoms with van der Waals surface area (Å²) in [4.78, 5) is 11.6. The van der Waals surface area contributed by atoms with Gasteiger partial charge < -0.3 is 5.73 Å². The van der Waals surface area contributed by atoms with Crippen LogP contribution in [0.25, 0.3) is 0 Å². The number of nitrogen functional groups attached to an aromatic ring is 1. The Morgan fingerprint density at radius 3 is 2.53 bits per heavy atom. The Morgan fingerprint density at radius 2 is 2.13 bits per heavy atom. The van der Waals surface area contributed by atoms with Gasteiger partial charge >= 0.3 is 0 Å². The summed E-state index contributed by atoms with van der Waals surface area (Å²) in [5.41, 5.74) is 6.26. The average molecular weight is 208 g/mol. The van der Waals surface area contributed by atoms with Crippen LogP contribution in [0.2, 0.25) is 0 Å². The van der Waals surface area contributed by atoms with Crippen LogP contribution in [-0.4, -0.2) is 9.78 Å². The first-order valence-corrected chi connectivity index (χ1v) is 4.83. The van der Waals surface area contributed by atoms with Gasteiger partial charge in [0.15, 0.2) is 0 Å². The minimum absolute atomic E-state index is 0.193. The topological polar surface area (TPSA) is 87.6 Å². The normalized spacial score (nSPS) is 11.3. The van der Waals surface area contributed by atoms with Gasteiger partial charge in [-0.15, -0.1) is 0 Å². The Bertz CT molecular complexity index is 441. The lowest BCUT2D eigenvalue weighted by Gasteiger charge is -2.16. The van der Waals surface area contributed by atoms with Crippen molar-refractivity contribution < 1.29 is 0 Å². The number of aromatic amines is 1. The van der Waals surface area contributed by atoms with E-state index in [2.05, 4.69) is 5.10 Å². The number of nitriles is 1. The quantitative estimate of drug-likeness (QED) is 0.759. The maximum Gasteiger partial charge on any atom is 0.289 e. The summed E-state index contributed by atoms with van der Waals surface area (Å²) in [5, 5.41) is 11.4. The van der Waals surface area contributed by atoms with Crippen LogP contribution in [0.1, 0.15) is 32.9 Å². The van der Waals surface area contributed by atoms with E-state index in [0.717, 1.165) is 5.69 Å². The third-order valence-electron chi connectivity index (χ3n) is 2.19. The van der Waals surface area contributed by atoms with E-state index in [1.54, 1.807) is 0 Å². The van der Waals surface area contributed by atoms with Gasteiger partial charge in [0, 0.05) is 5.41 Å². The van der Waals surface area contributed by atoms with E-state index in [9.17, 15) is 4.79 Å². The van der Waals surface area contributed by atoms with Crippen molar-refractivity contribution in [3.8, 4) is 6.07 Å². The Balaban J connectivity index is 3.15. The van der Waals surface area contributed by atoms with Crippen LogP contribution in [-0.2, 0) is 12.0 Å². The van der Waals surface area contributed by atoms with Gasteiger partial charge in [0.25, 0.3) is 5.56 Å². The molecule has 0 saturated heterocycles. The molecule has 1 rings (SSSR count). The highest BCUT2D eigenvalue weighted by molar-refractivity contribution is 5.44. The molecule has 1 heterocycles. The number of hydrogen-bond acceptors (Lipinski definition) is 3. The molecule has 82 valence electrons. The van der Waals surface area contributed by atoms with Gasteiger partial charge in [-0.05, 0) is 0 Å². The predicted octanol–water partition coefficient (Wildman–Crippen LogP) is 0.970. The number of hydrogen-bond donors (Lipinski definition) is 2. The summed E-state index contributed by atoms with van der Waals surface area (Å²) in [7, 11) is 0. The molecule has 0 aliphatic carbocycles. The van der Waals surface area contributed by atoms with E-state index in [0.29, 0.717) is 13.0 Å². The molecular weight excluding hydrogens is 192 g/mol. The fourth-order valence-electron chi connectivity index (χ4n) is 1.39. The summed E-state index contributed by atoms with van der Waals surface area (Å²) in [6, 6.07) is 1.99. The second kappa shape index (κ2) is 3.81. The van der Waals surface area contributed by atoms with Crippen molar-refractivity contribution in [3.63, 3.8) is 0 Å². The van der Waals surface area contributed by atoms with Gasteiger partial charge in [0.1, 0.15) is 5.69 Å². The summed E-state index contributed by atoms with van der Waals surface area (Å²) in [5.74, 6) is 0. The third kappa shape index (κ3) is 2.21. The molecule has 3 N–H and O–H groups in total. The molecule has 0 unspecified atom stereocenters. The van der Waals surface area contributed by atoms with Gasteiger partial charge in [-0.2, -0.15) is 5.26 Å². The van der Waals surface area contributed by atoms with Crippen molar-refractivity contribution in [2.45, 2.75) is 39.2 Å². The van der Waals surface area contributed by atoms with Gasteiger partial charge in [-0.3, -0.25) is 14.6 Å². The minimum atomic E-state index is -0.241. The zero-order valence-corrected chi connectivity index (χ0v) is 9.29. The first kappa shape index (κ1) is 11.4. The lowest BCUT2D eigenvalue weighted by molar-refractivity contribution is 0.531. The molecule has 5 nitrogen and oxygen atoms in total. The summed E-state index contributed by atoms with van der Waals surface area (Å²) >= 11 is 0. The lowest BCUT2D eigenvalue weighted by Crippen LogP contribution is -2.18. The van der Waals surface area contributed by atoms with Crippen LogP contribution in [0.15, 0.2) is 4.79 Å². The molecule has 1 aromatic rings. The number of H-pyrrole nitrogens is 1. The highest BCUT2D eigenvalue weighted by Crippen LogP contribution is 2.23. The Hall–Kier alpha value is -1.70. The van der Waals surface area contributed by atoms with Crippen molar-refractivity contribution in [1.29, 1.82) is 5.26 Å². The second-order valence-electron chi connectivity index (χ2n) is 4.52. The van der Waals surface area contributed by atoms with Crippen LogP contribution >= 0.6 is 0 Å². The number of anilines is 1. The zero-order chi connectivity index (χ0) is 11.6. The largest absolute Gasteiger partial charge is 0.393 e. The third-order valence-corrected chi connectivity index (χ3v) is 2.19. The highest BCUT2D eigenvalue weighted by atomic mass is 16.1. The molecule has 0 bridgehead atoms. The molecule has 0 amide bonds. The molecule has 0 fully saturated rings. The molecule has 0 radical (unpaired) electrons. The molecule has 1 aromatic heterocycles. The molecule has 5 heteroatoms. The Labute approximate surface area is 88.5 Å². The van der Waals surface area contributed by atoms with Crippen molar-refractivity contribution in [3.05, 3.63) is 16.0 Å². The van der Waals surface area contributed by atoms with Crippen LogP contribution in [0.5, 0.6) is 0 Å². The van der Waals surface area contributed by atoms with E-state index in [1.807, 2.05) is 26.8 Å². The molecule has 15 heavy (non-hydrogen) atoms. The fourth-order valence-corrected chi connectivity index (χ4v) is 1.39. The SMILES string of the molecule is CC(C)(C)c1[nH]n(CCC#N)c(=O)c1N. The number of nitrogens with one attached hydrogen (secondary N) is 1. The second-order valence-corrected chi connectivity index (χ2v) is 4.52. The van der Waals surface area contributed by atoms with Gasteiger partial charge in [-0.25, -0.2) is 0 Å². The maximum absolute atomic E-state index is 11.6.